The fourth-order valence-electron chi connectivity index (χ4n) is 2.54. The highest BCUT2D eigenvalue weighted by molar-refractivity contribution is 7.99. The summed E-state index contributed by atoms with van der Waals surface area (Å²) in [5.74, 6) is -0.414. The SMILES string of the molecule is CCN1CCCC(n2c(CO)nnc2SCC(=O)O)C1. The van der Waals surface area contributed by atoms with Crippen molar-refractivity contribution < 1.29 is 15.0 Å². The van der Waals surface area contributed by atoms with Gasteiger partial charge < -0.3 is 15.1 Å². The van der Waals surface area contributed by atoms with Crippen molar-refractivity contribution in [3.8, 4) is 0 Å². The molecule has 2 heterocycles. The summed E-state index contributed by atoms with van der Waals surface area (Å²) in [6.07, 6.45) is 2.09. The van der Waals surface area contributed by atoms with Gasteiger partial charge in [-0.15, -0.1) is 10.2 Å². The molecule has 20 heavy (non-hydrogen) atoms. The third kappa shape index (κ3) is 3.50. The van der Waals surface area contributed by atoms with Crippen LogP contribution in [0, 0.1) is 0 Å². The van der Waals surface area contributed by atoms with Crippen LogP contribution in [0.4, 0.5) is 0 Å². The summed E-state index contributed by atoms with van der Waals surface area (Å²) in [4.78, 5) is 13.0. The van der Waals surface area contributed by atoms with Crippen molar-refractivity contribution in [1.82, 2.24) is 19.7 Å². The van der Waals surface area contributed by atoms with Crippen LogP contribution in [0.15, 0.2) is 5.16 Å². The molecule has 0 spiro atoms. The fourth-order valence-corrected chi connectivity index (χ4v) is 3.28. The Kier molecular flexibility index (Phi) is 5.38. The summed E-state index contributed by atoms with van der Waals surface area (Å²) in [6.45, 7) is 4.92. The number of carboxylic acid groups (broad SMARTS) is 1. The smallest absolute Gasteiger partial charge is 0.313 e. The van der Waals surface area contributed by atoms with E-state index in [4.69, 9.17) is 5.11 Å². The van der Waals surface area contributed by atoms with Crippen molar-refractivity contribution >= 4 is 17.7 Å². The average Bonchev–Trinajstić information content (AvgIpc) is 2.88. The second-order valence-corrected chi connectivity index (χ2v) is 5.74. The highest BCUT2D eigenvalue weighted by Crippen LogP contribution is 2.28. The number of rotatable bonds is 6. The number of aliphatic carboxylic acids is 1. The number of piperidine rings is 1. The van der Waals surface area contributed by atoms with Crippen LogP contribution in [0.2, 0.25) is 0 Å². The van der Waals surface area contributed by atoms with Gasteiger partial charge in [-0.05, 0) is 25.9 Å². The molecule has 2 rings (SSSR count). The Morgan fingerprint density at radius 2 is 2.30 bits per heavy atom. The second-order valence-electron chi connectivity index (χ2n) is 4.80. The lowest BCUT2D eigenvalue weighted by Crippen LogP contribution is -2.37. The van der Waals surface area contributed by atoms with E-state index in [2.05, 4.69) is 22.0 Å². The number of aromatic nitrogens is 3. The molecule has 1 aliphatic heterocycles. The Balaban J connectivity index is 2.18. The van der Waals surface area contributed by atoms with Crippen LogP contribution in [-0.4, -0.2) is 61.2 Å². The van der Waals surface area contributed by atoms with Gasteiger partial charge >= 0.3 is 5.97 Å². The zero-order valence-corrected chi connectivity index (χ0v) is 12.3. The molecule has 0 amide bonds. The molecule has 2 N–H and O–H groups in total. The summed E-state index contributed by atoms with van der Waals surface area (Å²) < 4.78 is 1.91. The number of aliphatic hydroxyl groups is 1. The Morgan fingerprint density at radius 3 is 2.95 bits per heavy atom. The van der Waals surface area contributed by atoms with E-state index >= 15 is 0 Å². The van der Waals surface area contributed by atoms with Gasteiger partial charge in [0.25, 0.3) is 0 Å². The average molecular weight is 300 g/mol. The number of aliphatic hydroxyl groups excluding tert-OH is 1. The maximum absolute atomic E-state index is 10.7. The molecule has 7 nitrogen and oxygen atoms in total. The van der Waals surface area contributed by atoms with E-state index in [1.807, 2.05) is 4.57 Å². The molecule has 1 aromatic rings. The van der Waals surface area contributed by atoms with Gasteiger partial charge in [0.2, 0.25) is 0 Å². The van der Waals surface area contributed by atoms with E-state index in [-0.39, 0.29) is 18.4 Å². The molecule has 0 saturated carbocycles. The number of carbonyl (C=O) groups is 1. The van der Waals surface area contributed by atoms with Crippen LogP contribution in [0.25, 0.3) is 0 Å². The number of hydrogen-bond donors (Lipinski definition) is 2. The van der Waals surface area contributed by atoms with Gasteiger partial charge in [0, 0.05) is 6.54 Å². The molecule has 1 saturated heterocycles. The number of nitrogens with zero attached hydrogens (tertiary/aromatic N) is 4. The van der Waals surface area contributed by atoms with E-state index in [1.54, 1.807) is 0 Å². The molecule has 0 aliphatic carbocycles. The quantitative estimate of drug-likeness (QED) is 0.743. The van der Waals surface area contributed by atoms with Crippen molar-refractivity contribution in [3.05, 3.63) is 5.82 Å². The van der Waals surface area contributed by atoms with Crippen molar-refractivity contribution in [1.29, 1.82) is 0 Å². The number of thioether (sulfide) groups is 1. The molecule has 1 atom stereocenters. The summed E-state index contributed by atoms with van der Waals surface area (Å²) in [5, 5.41) is 26.8. The molecule has 1 unspecified atom stereocenters. The van der Waals surface area contributed by atoms with Gasteiger partial charge in [-0.1, -0.05) is 18.7 Å². The lowest BCUT2D eigenvalue weighted by molar-refractivity contribution is -0.133. The van der Waals surface area contributed by atoms with Crippen LogP contribution in [0.5, 0.6) is 0 Å². The predicted octanol–water partition coefficient (Wildman–Crippen LogP) is 0.604. The van der Waals surface area contributed by atoms with Crippen molar-refractivity contribution in [3.63, 3.8) is 0 Å². The minimum Gasteiger partial charge on any atom is -0.481 e. The molecule has 1 fully saturated rings. The Bertz CT molecular complexity index is 466. The highest BCUT2D eigenvalue weighted by atomic mass is 32.2. The van der Waals surface area contributed by atoms with E-state index in [1.165, 1.54) is 0 Å². The molecule has 0 radical (unpaired) electrons. The van der Waals surface area contributed by atoms with Gasteiger partial charge in [-0.2, -0.15) is 0 Å². The van der Waals surface area contributed by atoms with Crippen LogP contribution in [0.3, 0.4) is 0 Å². The van der Waals surface area contributed by atoms with Crippen LogP contribution in [0.1, 0.15) is 31.6 Å². The van der Waals surface area contributed by atoms with Gasteiger partial charge in [0.15, 0.2) is 11.0 Å². The van der Waals surface area contributed by atoms with Crippen molar-refractivity contribution in [2.75, 3.05) is 25.4 Å². The second kappa shape index (κ2) is 7.05. The summed E-state index contributed by atoms with van der Waals surface area (Å²) in [6, 6.07) is 0.206. The fraction of sp³-hybridized carbons (Fsp3) is 0.750. The van der Waals surface area contributed by atoms with Gasteiger partial charge in [-0.3, -0.25) is 9.36 Å². The normalized spacial score (nSPS) is 20.2. The van der Waals surface area contributed by atoms with Gasteiger partial charge in [0.1, 0.15) is 6.61 Å². The van der Waals surface area contributed by atoms with Crippen LogP contribution in [-0.2, 0) is 11.4 Å². The number of likely N-dealkylation sites (N-methyl/N-ethyl adjacent to an activating group) is 1. The topological polar surface area (TPSA) is 91.5 Å². The minimum atomic E-state index is -0.881. The standard InChI is InChI=1S/C12H20N4O3S/c1-2-15-5-3-4-9(6-15)16-10(7-17)13-14-12(16)20-8-11(18)19/h9,17H,2-8H2,1H3,(H,18,19). The highest BCUT2D eigenvalue weighted by Gasteiger charge is 2.25. The number of likely N-dealkylation sites (tertiary alicyclic amines) is 1. The number of carboxylic acids is 1. The summed E-state index contributed by atoms with van der Waals surface area (Å²) in [7, 11) is 0. The van der Waals surface area contributed by atoms with E-state index < -0.39 is 5.97 Å². The molecule has 0 bridgehead atoms. The Labute approximate surface area is 122 Å². The first-order valence-corrected chi connectivity index (χ1v) is 7.75. The van der Waals surface area contributed by atoms with Crippen LogP contribution >= 0.6 is 11.8 Å². The third-order valence-corrected chi connectivity index (χ3v) is 4.42. The Morgan fingerprint density at radius 1 is 1.50 bits per heavy atom. The third-order valence-electron chi connectivity index (χ3n) is 3.49. The largest absolute Gasteiger partial charge is 0.481 e. The summed E-state index contributed by atoms with van der Waals surface area (Å²) >= 11 is 1.15. The first kappa shape index (κ1) is 15.3. The molecule has 112 valence electrons. The molecule has 0 aromatic carbocycles. The minimum absolute atomic E-state index is 0.0478. The lowest BCUT2D eigenvalue weighted by Gasteiger charge is -2.33. The molecular formula is C12H20N4O3S. The zero-order valence-electron chi connectivity index (χ0n) is 11.5. The van der Waals surface area contributed by atoms with E-state index in [0.29, 0.717) is 11.0 Å². The molecule has 8 heteroatoms. The zero-order chi connectivity index (χ0) is 14.5. The molecule has 1 aliphatic rings. The maximum atomic E-state index is 10.7. The van der Waals surface area contributed by atoms with Gasteiger partial charge in [-0.25, -0.2) is 0 Å². The maximum Gasteiger partial charge on any atom is 0.313 e. The van der Waals surface area contributed by atoms with E-state index in [0.717, 1.165) is 44.2 Å². The molecular weight excluding hydrogens is 280 g/mol. The molecule has 1 aromatic heterocycles. The van der Waals surface area contributed by atoms with E-state index in [9.17, 15) is 9.90 Å². The van der Waals surface area contributed by atoms with Crippen molar-refractivity contribution in [2.45, 2.75) is 37.6 Å². The van der Waals surface area contributed by atoms with Gasteiger partial charge in [0.05, 0.1) is 11.8 Å². The summed E-state index contributed by atoms with van der Waals surface area (Å²) in [5.41, 5.74) is 0. The first-order chi connectivity index (χ1) is 9.65. The number of hydrogen-bond acceptors (Lipinski definition) is 6. The first-order valence-electron chi connectivity index (χ1n) is 6.77. The lowest BCUT2D eigenvalue weighted by atomic mass is 10.1. The van der Waals surface area contributed by atoms with Crippen molar-refractivity contribution in [2.24, 2.45) is 0 Å². The Hall–Kier alpha value is -1.12. The predicted molar refractivity (Wildman–Crippen MR) is 74.7 cm³/mol. The van der Waals surface area contributed by atoms with Crippen LogP contribution < -0.4 is 0 Å². The monoisotopic (exact) mass is 300 g/mol.